The van der Waals surface area contributed by atoms with E-state index >= 15 is 0 Å². The fourth-order valence-corrected chi connectivity index (χ4v) is 3.94. The third-order valence-electron chi connectivity index (χ3n) is 4.75. The van der Waals surface area contributed by atoms with Gasteiger partial charge in [0.15, 0.2) is 0 Å². The van der Waals surface area contributed by atoms with E-state index in [0.717, 1.165) is 6.42 Å². The van der Waals surface area contributed by atoms with Gasteiger partial charge in [-0.3, -0.25) is 0 Å². The minimum Gasteiger partial charge on any atom is -0.0795 e. The van der Waals surface area contributed by atoms with Crippen molar-refractivity contribution in [3.8, 4) is 0 Å². The minimum absolute atomic E-state index is 0.436. The second-order valence-electron chi connectivity index (χ2n) is 5.76. The summed E-state index contributed by atoms with van der Waals surface area (Å²) in [5.41, 5.74) is 7.25. The van der Waals surface area contributed by atoms with Gasteiger partial charge in [0, 0.05) is 5.92 Å². The number of hydrogen-bond donors (Lipinski definition) is 0. The molecule has 1 atom stereocenters. The quantitative estimate of drug-likeness (QED) is 0.668. The van der Waals surface area contributed by atoms with Crippen LogP contribution in [-0.4, -0.2) is 0 Å². The predicted octanol–water partition coefficient (Wildman–Crippen LogP) is 2.72. The van der Waals surface area contributed by atoms with Crippen molar-refractivity contribution in [1.82, 2.24) is 0 Å². The van der Waals surface area contributed by atoms with E-state index in [0.29, 0.717) is 5.92 Å². The summed E-state index contributed by atoms with van der Waals surface area (Å²) in [6.07, 6.45) is 19.2. The topological polar surface area (TPSA) is 0 Å². The van der Waals surface area contributed by atoms with E-state index in [4.69, 9.17) is 0 Å². The molecule has 0 nitrogen and oxygen atoms in total. The van der Waals surface area contributed by atoms with Gasteiger partial charge >= 0.3 is 0 Å². The fourth-order valence-electron chi connectivity index (χ4n) is 3.94. The van der Waals surface area contributed by atoms with Crippen LogP contribution < -0.4 is 10.4 Å². The molecule has 4 aliphatic carbocycles. The molecule has 0 radical (unpaired) electrons. The first-order valence-corrected chi connectivity index (χ1v) is 7.23. The summed E-state index contributed by atoms with van der Waals surface area (Å²) in [6.45, 7) is 0. The highest BCUT2D eigenvalue weighted by Crippen LogP contribution is 2.41. The molecule has 1 unspecified atom stereocenters. The number of allylic oxidation sites excluding steroid dienone is 10. The van der Waals surface area contributed by atoms with Crippen molar-refractivity contribution in [2.75, 3.05) is 0 Å². The molecular weight excluding hydrogens is 240 g/mol. The first kappa shape index (κ1) is 10.4. The normalized spacial score (nSPS) is 24.1. The maximum Gasteiger partial charge on any atom is 0.0352 e. The van der Waals surface area contributed by atoms with Crippen molar-refractivity contribution in [2.24, 2.45) is 5.92 Å². The molecule has 0 saturated heterocycles. The molecule has 0 aliphatic heterocycles. The van der Waals surface area contributed by atoms with Gasteiger partial charge < -0.3 is 0 Å². The summed E-state index contributed by atoms with van der Waals surface area (Å²) < 4.78 is 0. The van der Waals surface area contributed by atoms with E-state index in [1.165, 1.54) is 38.3 Å². The summed E-state index contributed by atoms with van der Waals surface area (Å²) >= 11 is 0. The Kier molecular flexibility index (Phi) is 1.88. The second-order valence-corrected chi connectivity index (χ2v) is 5.76. The fraction of sp³-hybridized carbons (Fsp3) is 0.100. The van der Waals surface area contributed by atoms with Gasteiger partial charge in [0.1, 0.15) is 0 Å². The van der Waals surface area contributed by atoms with Crippen molar-refractivity contribution < 1.29 is 0 Å². The Morgan fingerprint density at radius 1 is 0.950 bits per heavy atom. The van der Waals surface area contributed by atoms with Gasteiger partial charge in [-0.05, 0) is 44.7 Å². The Morgan fingerprint density at radius 2 is 1.90 bits per heavy atom. The zero-order valence-corrected chi connectivity index (χ0v) is 11.1. The average molecular weight is 254 g/mol. The van der Waals surface area contributed by atoms with E-state index in [1.807, 2.05) is 0 Å². The standard InChI is InChI=1S/C20H14/c1-5-13-6-2-11-17-18-12-4-8-14-7-3-10-16(20(14)18)15(9-1)19(13)17/h1-7,9-12,19H,8H2. The number of benzene rings is 1. The third-order valence-corrected chi connectivity index (χ3v) is 4.75. The molecule has 1 aromatic rings. The zero-order valence-electron chi connectivity index (χ0n) is 11.1. The first-order chi connectivity index (χ1) is 9.93. The smallest absolute Gasteiger partial charge is 0.0352 e. The molecule has 4 aliphatic rings. The summed E-state index contributed by atoms with van der Waals surface area (Å²) in [6, 6.07) is 6.76. The highest BCUT2D eigenvalue weighted by Gasteiger charge is 2.30. The molecule has 20 heavy (non-hydrogen) atoms. The van der Waals surface area contributed by atoms with Crippen LogP contribution in [-0.2, 0) is 6.42 Å². The number of fused-ring (bicyclic) bond motifs is 1. The van der Waals surface area contributed by atoms with Crippen LogP contribution in [0.2, 0.25) is 0 Å². The SMILES string of the molecule is C1=CC2=CC=CC3=c4cccc5c4=C(C=CC5)C(=C1)C23. The van der Waals surface area contributed by atoms with E-state index in [9.17, 15) is 0 Å². The summed E-state index contributed by atoms with van der Waals surface area (Å²) in [5, 5.41) is 2.90. The van der Waals surface area contributed by atoms with Crippen molar-refractivity contribution in [3.63, 3.8) is 0 Å². The van der Waals surface area contributed by atoms with Gasteiger partial charge in [-0.2, -0.15) is 0 Å². The Morgan fingerprint density at radius 3 is 2.90 bits per heavy atom. The third kappa shape index (κ3) is 1.17. The van der Waals surface area contributed by atoms with Crippen LogP contribution in [0.15, 0.2) is 78.0 Å². The number of hydrogen-bond acceptors (Lipinski definition) is 0. The van der Waals surface area contributed by atoms with Crippen molar-refractivity contribution >= 4 is 11.1 Å². The summed E-state index contributed by atoms with van der Waals surface area (Å²) in [5.74, 6) is 0.436. The van der Waals surface area contributed by atoms with Gasteiger partial charge in [0.05, 0.1) is 0 Å². The monoisotopic (exact) mass is 254 g/mol. The molecule has 1 aromatic carbocycles. The van der Waals surface area contributed by atoms with E-state index in [1.54, 1.807) is 0 Å². The molecule has 0 fully saturated rings. The maximum absolute atomic E-state index is 2.32. The average Bonchev–Trinajstić information content (AvgIpc) is 2.52. The molecule has 0 aromatic heterocycles. The Bertz CT molecular complexity index is 911. The lowest BCUT2D eigenvalue weighted by atomic mass is 9.70. The largest absolute Gasteiger partial charge is 0.0795 e. The lowest BCUT2D eigenvalue weighted by Gasteiger charge is -2.33. The van der Waals surface area contributed by atoms with Crippen molar-refractivity contribution in [3.05, 3.63) is 94.0 Å². The molecule has 0 spiro atoms. The number of rotatable bonds is 0. The zero-order chi connectivity index (χ0) is 13.1. The Hall–Kier alpha value is -2.34. The highest BCUT2D eigenvalue weighted by atomic mass is 14.3. The molecule has 0 N–H and O–H groups in total. The van der Waals surface area contributed by atoms with Crippen LogP contribution in [0.1, 0.15) is 5.56 Å². The van der Waals surface area contributed by atoms with Gasteiger partial charge in [-0.15, -0.1) is 0 Å². The van der Waals surface area contributed by atoms with Crippen molar-refractivity contribution in [2.45, 2.75) is 6.42 Å². The van der Waals surface area contributed by atoms with Gasteiger partial charge in [0.25, 0.3) is 0 Å². The van der Waals surface area contributed by atoms with Gasteiger partial charge in [-0.1, -0.05) is 66.8 Å². The molecule has 0 amide bonds. The Labute approximate surface area is 118 Å². The molecule has 94 valence electrons. The molecule has 0 saturated carbocycles. The summed E-state index contributed by atoms with van der Waals surface area (Å²) in [4.78, 5) is 0. The lowest BCUT2D eigenvalue weighted by Crippen LogP contribution is -2.40. The first-order valence-electron chi connectivity index (χ1n) is 7.23. The van der Waals surface area contributed by atoms with E-state index in [2.05, 4.69) is 66.8 Å². The van der Waals surface area contributed by atoms with Gasteiger partial charge in [-0.25, -0.2) is 0 Å². The molecule has 0 bridgehead atoms. The predicted molar refractivity (Wildman–Crippen MR) is 83.3 cm³/mol. The molecule has 5 rings (SSSR count). The minimum atomic E-state index is 0.436. The van der Waals surface area contributed by atoms with Crippen molar-refractivity contribution in [1.29, 1.82) is 0 Å². The molecular formula is C20H14. The van der Waals surface area contributed by atoms with Crippen LogP contribution in [0.3, 0.4) is 0 Å². The van der Waals surface area contributed by atoms with Crippen LogP contribution in [0.4, 0.5) is 0 Å². The van der Waals surface area contributed by atoms with Crippen LogP contribution >= 0.6 is 0 Å². The summed E-state index contributed by atoms with van der Waals surface area (Å²) in [7, 11) is 0. The lowest BCUT2D eigenvalue weighted by molar-refractivity contribution is 0.941. The second kappa shape index (κ2) is 3.61. The van der Waals surface area contributed by atoms with Crippen LogP contribution in [0.5, 0.6) is 0 Å². The Balaban J connectivity index is 2.07. The van der Waals surface area contributed by atoms with Crippen LogP contribution in [0.25, 0.3) is 11.1 Å². The maximum atomic E-state index is 2.32. The molecule has 0 heteroatoms. The van der Waals surface area contributed by atoms with E-state index < -0.39 is 0 Å². The highest BCUT2D eigenvalue weighted by molar-refractivity contribution is 5.88. The van der Waals surface area contributed by atoms with Crippen LogP contribution in [0, 0.1) is 5.92 Å². The molecule has 0 heterocycles. The van der Waals surface area contributed by atoms with Gasteiger partial charge in [0.2, 0.25) is 0 Å². The van der Waals surface area contributed by atoms with E-state index in [-0.39, 0.29) is 0 Å².